The van der Waals surface area contributed by atoms with Crippen LogP contribution < -0.4 is 10.1 Å². The Labute approximate surface area is 222 Å². The summed E-state index contributed by atoms with van der Waals surface area (Å²) in [6.07, 6.45) is 1.93. The number of amides is 3. The van der Waals surface area contributed by atoms with Crippen LogP contribution in [0.15, 0.2) is 45.8 Å². The van der Waals surface area contributed by atoms with Crippen LogP contribution in [0.2, 0.25) is 0 Å². The maximum Gasteiger partial charge on any atom is 0.326 e. The summed E-state index contributed by atoms with van der Waals surface area (Å²) in [5, 5.41) is 2.30. The average Bonchev–Trinajstić information content (AvgIpc) is 3.09. The van der Waals surface area contributed by atoms with Gasteiger partial charge in [-0.2, -0.15) is 0 Å². The lowest BCUT2D eigenvalue weighted by Crippen LogP contribution is -2.35. The van der Waals surface area contributed by atoms with Crippen molar-refractivity contribution >= 4 is 62.5 Å². The number of rotatable bonds is 9. The van der Waals surface area contributed by atoms with Crippen LogP contribution in [0.3, 0.4) is 0 Å². The monoisotopic (exact) mass is 574 g/mol. The topological polar surface area (TPSA) is 102 Å². The molecule has 3 rings (SSSR count). The first-order valence-corrected chi connectivity index (χ1v) is 12.9. The molecule has 0 unspecified atom stereocenters. The van der Waals surface area contributed by atoms with E-state index in [-0.39, 0.29) is 23.5 Å². The van der Waals surface area contributed by atoms with Gasteiger partial charge in [-0.1, -0.05) is 19.1 Å². The summed E-state index contributed by atoms with van der Waals surface area (Å²) in [5.74, 6) is -0.991. The zero-order chi connectivity index (χ0) is 26.4. The second-order valence-corrected chi connectivity index (χ2v) is 10.1. The molecule has 1 atom stereocenters. The van der Waals surface area contributed by atoms with E-state index in [4.69, 9.17) is 9.47 Å². The third-order valence-corrected chi connectivity index (χ3v) is 7.04. The Morgan fingerprint density at radius 1 is 1.14 bits per heavy atom. The molecule has 36 heavy (non-hydrogen) atoms. The first-order chi connectivity index (χ1) is 17.1. The average molecular weight is 575 g/mol. The van der Waals surface area contributed by atoms with Crippen LogP contribution in [0.1, 0.15) is 37.0 Å². The van der Waals surface area contributed by atoms with Crippen molar-refractivity contribution in [1.29, 1.82) is 0 Å². The van der Waals surface area contributed by atoms with Gasteiger partial charge in [0.25, 0.3) is 17.1 Å². The minimum absolute atomic E-state index is 0.176. The molecule has 10 heteroatoms. The number of carbonyl (C=O) groups is 4. The molecule has 0 aliphatic carbocycles. The van der Waals surface area contributed by atoms with Gasteiger partial charge in [-0.05, 0) is 102 Å². The fourth-order valence-electron chi connectivity index (χ4n) is 3.13. The van der Waals surface area contributed by atoms with Gasteiger partial charge in [0.05, 0.1) is 16.7 Å². The highest BCUT2D eigenvalue weighted by Crippen LogP contribution is 2.32. The van der Waals surface area contributed by atoms with E-state index in [1.807, 2.05) is 32.9 Å². The summed E-state index contributed by atoms with van der Waals surface area (Å²) in [6.45, 7) is 6.99. The first-order valence-electron chi connectivity index (χ1n) is 11.3. The predicted molar refractivity (Wildman–Crippen MR) is 143 cm³/mol. The van der Waals surface area contributed by atoms with E-state index in [0.717, 1.165) is 32.3 Å². The molecule has 1 fully saturated rings. The van der Waals surface area contributed by atoms with E-state index in [9.17, 15) is 19.2 Å². The van der Waals surface area contributed by atoms with E-state index in [1.54, 1.807) is 37.3 Å². The summed E-state index contributed by atoms with van der Waals surface area (Å²) in [4.78, 5) is 50.2. The maximum atomic E-state index is 12.6. The quantitative estimate of drug-likeness (QED) is 0.313. The number of ether oxygens (including phenoxy) is 2. The Balaban J connectivity index is 1.56. The molecule has 2 aromatic carbocycles. The number of anilines is 1. The Morgan fingerprint density at radius 2 is 1.81 bits per heavy atom. The second kappa shape index (κ2) is 12.2. The highest BCUT2D eigenvalue weighted by Gasteiger charge is 2.36. The number of benzene rings is 2. The third kappa shape index (κ3) is 7.20. The van der Waals surface area contributed by atoms with Crippen molar-refractivity contribution < 1.29 is 28.7 Å². The molecule has 1 aliphatic rings. The predicted octanol–water partition coefficient (Wildman–Crippen LogP) is 5.46. The van der Waals surface area contributed by atoms with E-state index in [1.165, 1.54) is 0 Å². The lowest BCUT2D eigenvalue weighted by Gasteiger charge is -2.14. The smallest absolute Gasteiger partial charge is 0.326 e. The second-order valence-electron chi connectivity index (χ2n) is 8.30. The number of nitrogens with one attached hydrogen (secondary N) is 1. The van der Waals surface area contributed by atoms with Crippen LogP contribution in [-0.4, -0.2) is 47.2 Å². The van der Waals surface area contributed by atoms with Gasteiger partial charge in [0, 0.05) is 4.47 Å². The molecule has 1 N–H and O–H groups in total. The molecule has 3 amide bonds. The van der Waals surface area contributed by atoms with Gasteiger partial charge >= 0.3 is 5.97 Å². The summed E-state index contributed by atoms with van der Waals surface area (Å²) in [6, 6.07) is 10.6. The van der Waals surface area contributed by atoms with Crippen molar-refractivity contribution in [2.24, 2.45) is 0 Å². The van der Waals surface area contributed by atoms with Crippen molar-refractivity contribution in [1.82, 2.24) is 4.90 Å². The fraction of sp³-hybridized carbons (Fsp3) is 0.308. The van der Waals surface area contributed by atoms with E-state index < -0.39 is 23.7 Å². The van der Waals surface area contributed by atoms with E-state index >= 15 is 0 Å². The molecule has 1 saturated heterocycles. The first kappa shape index (κ1) is 27.5. The summed E-state index contributed by atoms with van der Waals surface area (Å²) < 4.78 is 11.5. The normalized spacial score (nSPS) is 15.2. The minimum atomic E-state index is -0.622. The number of hydrogen-bond donors (Lipinski definition) is 1. The van der Waals surface area contributed by atoms with Gasteiger partial charge in [-0.15, -0.1) is 0 Å². The molecule has 0 bridgehead atoms. The van der Waals surface area contributed by atoms with Crippen LogP contribution in [0.5, 0.6) is 5.75 Å². The van der Waals surface area contributed by atoms with Gasteiger partial charge in [0.2, 0.25) is 0 Å². The number of nitrogens with zero attached hydrogens (tertiary/aromatic N) is 1. The van der Waals surface area contributed by atoms with Crippen LogP contribution in [0, 0.1) is 13.8 Å². The lowest BCUT2D eigenvalue weighted by molar-refractivity contribution is -0.150. The highest BCUT2D eigenvalue weighted by molar-refractivity contribution is 9.10. The molecule has 1 heterocycles. The van der Waals surface area contributed by atoms with Crippen LogP contribution in [0.4, 0.5) is 10.5 Å². The van der Waals surface area contributed by atoms with Gasteiger partial charge in [0.1, 0.15) is 12.3 Å². The van der Waals surface area contributed by atoms with Crippen molar-refractivity contribution in [3.63, 3.8) is 0 Å². The fourth-order valence-corrected chi connectivity index (χ4v) is 4.53. The summed E-state index contributed by atoms with van der Waals surface area (Å²) >= 11 is 4.22. The largest absolute Gasteiger partial charge is 0.484 e. The molecule has 190 valence electrons. The molecule has 0 spiro atoms. The van der Waals surface area contributed by atoms with Crippen LogP contribution in [0.25, 0.3) is 6.08 Å². The van der Waals surface area contributed by atoms with Crippen molar-refractivity contribution in [2.45, 2.75) is 40.2 Å². The number of hydrogen-bond acceptors (Lipinski definition) is 7. The van der Waals surface area contributed by atoms with Gasteiger partial charge < -0.3 is 14.8 Å². The van der Waals surface area contributed by atoms with Crippen molar-refractivity contribution in [3.8, 4) is 5.75 Å². The molecule has 1 aliphatic heterocycles. The lowest BCUT2D eigenvalue weighted by atomic mass is 10.1. The van der Waals surface area contributed by atoms with Crippen LogP contribution in [-0.2, 0) is 19.1 Å². The van der Waals surface area contributed by atoms with Gasteiger partial charge in [-0.25, -0.2) is 0 Å². The SMILES string of the molecule is CC[C@H](C)OC(=O)CN1C(=O)S/C(=C/c2ccc(OCC(=O)Nc3cc(C)c(C)cc3Br)cc2)C1=O. The zero-order valence-corrected chi connectivity index (χ0v) is 22.8. The number of carbonyl (C=O) groups excluding carboxylic acids is 4. The number of imide groups is 1. The van der Waals surface area contributed by atoms with Crippen molar-refractivity contribution in [2.75, 3.05) is 18.5 Å². The molecule has 0 saturated carbocycles. The molecular weight excluding hydrogens is 548 g/mol. The molecular formula is C26H27BrN2O6S. The van der Waals surface area contributed by atoms with E-state index in [2.05, 4.69) is 21.2 Å². The molecule has 2 aromatic rings. The van der Waals surface area contributed by atoms with Crippen LogP contribution >= 0.6 is 27.7 Å². The number of aryl methyl sites for hydroxylation is 2. The zero-order valence-electron chi connectivity index (χ0n) is 20.4. The number of halogens is 1. The Bertz CT molecular complexity index is 1210. The number of esters is 1. The molecule has 0 aromatic heterocycles. The van der Waals surface area contributed by atoms with E-state index in [0.29, 0.717) is 23.4 Å². The highest BCUT2D eigenvalue weighted by atomic mass is 79.9. The summed E-state index contributed by atoms with van der Waals surface area (Å²) in [7, 11) is 0. The van der Waals surface area contributed by atoms with Gasteiger partial charge in [-0.3, -0.25) is 24.1 Å². The Hall–Kier alpha value is -3.11. The Morgan fingerprint density at radius 3 is 2.47 bits per heavy atom. The standard InChI is InChI=1S/C26H27BrN2O6S/c1-5-17(4)35-24(31)13-29-25(32)22(36-26(29)33)12-18-6-8-19(9-7-18)34-14-23(30)28-21-11-16(3)15(2)10-20(21)27/h6-12,17H,5,13-14H2,1-4H3,(H,28,30)/b22-12+/t17-/m0/s1. The molecule has 8 nitrogen and oxygen atoms in total. The third-order valence-electron chi connectivity index (χ3n) is 5.47. The molecule has 0 radical (unpaired) electrons. The maximum absolute atomic E-state index is 12.6. The Kier molecular flexibility index (Phi) is 9.33. The minimum Gasteiger partial charge on any atom is -0.484 e. The number of thioether (sulfide) groups is 1. The van der Waals surface area contributed by atoms with Crippen molar-refractivity contribution in [3.05, 3.63) is 62.5 Å². The summed E-state index contributed by atoms with van der Waals surface area (Å²) in [5.41, 5.74) is 3.52. The van der Waals surface area contributed by atoms with Gasteiger partial charge in [0.15, 0.2) is 6.61 Å².